The summed E-state index contributed by atoms with van der Waals surface area (Å²) in [5.41, 5.74) is 3.25. The highest BCUT2D eigenvalue weighted by molar-refractivity contribution is 6.36. The molecule has 0 aromatic carbocycles. The molecule has 2 aromatic heterocycles. The summed E-state index contributed by atoms with van der Waals surface area (Å²) in [4.78, 5) is 32.2. The molecule has 8 heteroatoms. The predicted octanol–water partition coefficient (Wildman–Crippen LogP) is 2.21. The van der Waals surface area contributed by atoms with E-state index in [-0.39, 0.29) is 12.5 Å². The van der Waals surface area contributed by atoms with Crippen molar-refractivity contribution in [3.63, 3.8) is 0 Å². The van der Waals surface area contributed by atoms with Gasteiger partial charge in [-0.2, -0.15) is 5.10 Å². The molecule has 6 aliphatic rings. The number of ketones is 1. The summed E-state index contributed by atoms with van der Waals surface area (Å²) in [6, 6.07) is 0.206. The number of hydrogen-bond acceptors (Lipinski definition) is 6. The molecular weight excluding hydrogens is 444 g/mol. The fraction of sp³-hybridized carbons (Fsp3) is 0.630. The number of Topliss-reactive ketones (excluding diaryl/α,β-unsaturated/α-hetero) is 1. The number of amides is 1. The number of carbonyl (C=O) groups excluding carboxylic acids is 2. The smallest absolute Gasteiger partial charge is 0.290 e. The normalized spacial score (nSPS) is 33.6. The molecule has 2 N–H and O–H groups in total. The number of aliphatic hydroxyl groups excluding tert-OH is 1. The fourth-order valence-corrected chi connectivity index (χ4v) is 8.05. The Labute approximate surface area is 204 Å². The molecule has 184 valence electrons. The Bertz CT molecular complexity index is 1240. The number of aliphatic hydroxyl groups is 2. The Balaban J connectivity index is 1.25. The van der Waals surface area contributed by atoms with E-state index in [0.29, 0.717) is 49.4 Å². The highest BCUT2D eigenvalue weighted by Gasteiger charge is 2.56. The number of fused-ring (bicyclic) bond motifs is 3. The third-order valence-electron chi connectivity index (χ3n) is 9.33. The van der Waals surface area contributed by atoms with Crippen LogP contribution < -0.4 is 0 Å². The van der Waals surface area contributed by atoms with Gasteiger partial charge in [0.25, 0.3) is 5.91 Å². The maximum atomic E-state index is 13.1. The second-order valence-corrected chi connectivity index (χ2v) is 11.7. The van der Waals surface area contributed by atoms with Crippen LogP contribution in [0.4, 0.5) is 0 Å². The Kier molecular flexibility index (Phi) is 4.77. The molecule has 8 rings (SSSR count). The first kappa shape index (κ1) is 21.7. The zero-order valence-electron chi connectivity index (χ0n) is 19.9. The molecule has 8 nitrogen and oxygen atoms in total. The zero-order valence-corrected chi connectivity index (χ0v) is 19.9. The minimum absolute atomic E-state index is 0.0415. The second-order valence-electron chi connectivity index (χ2n) is 11.7. The summed E-state index contributed by atoms with van der Waals surface area (Å²) < 4.78 is 2.16. The summed E-state index contributed by atoms with van der Waals surface area (Å²) in [5.74, 6) is 0.431. The van der Waals surface area contributed by atoms with Crippen molar-refractivity contribution in [1.29, 1.82) is 0 Å². The number of rotatable bonds is 4. The molecule has 4 saturated carbocycles. The monoisotopic (exact) mass is 476 g/mol. The second kappa shape index (κ2) is 7.71. The summed E-state index contributed by atoms with van der Waals surface area (Å²) in [6.45, 7) is 0.826. The number of allylic oxidation sites excluding steroid dienone is 1. The van der Waals surface area contributed by atoms with Gasteiger partial charge in [0.15, 0.2) is 0 Å². The number of aromatic nitrogens is 3. The molecule has 0 spiro atoms. The molecule has 1 saturated heterocycles. The van der Waals surface area contributed by atoms with Gasteiger partial charge in [-0.1, -0.05) is 12.2 Å². The summed E-state index contributed by atoms with van der Waals surface area (Å²) in [6.07, 6.45) is 12.3. The van der Waals surface area contributed by atoms with Crippen LogP contribution in [0.5, 0.6) is 0 Å². The molecule has 5 fully saturated rings. The summed E-state index contributed by atoms with van der Waals surface area (Å²) in [7, 11) is 0. The molecule has 3 heterocycles. The van der Waals surface area contributed by atoms with Gasteiger partial charge in [0, 0.05) is 36.7 Å². The van der Waals surface area contributed by atoms with Crippen LogP contribution >= 0.6 is 0 Å². The van der Waals surface area contributed by atoms with E-state index in [1.807, 2.05) is 6.20 Å². The molecule has 35 heavy (non-hydrogen) atoms. The topological polar surface area (TPSA) is 109 Å². The standard InChI is InChI=1S/C27H32N4O4/c32-18-4-6-30(7-5-18)26(34)23(33)10-22-20-14-28-21-3-1-2-19(21)25(20)31(29-22)24-16-8-15-9-17(24)13-27(35,11-15)12-16/h1-2,14-18,24,32,35H,3-13H2/t15?,16-,17+,24?,27?. The third kappa shape index (κ3) is 3.40. The first-order valence-corrected chi connectivity index (χ1v) is 13.2. The van der Waals surface area contributed by atoms with E-state index in [4.69, 9.17) is 5.10 Å². The van der Waals surface area contributed by atoms with E-state index in [1.165, 1.54) is 0 Å². The van der Waals surface area contributed by atoms with Crippen molar-refractivity contribution in [1.82, 2.24) is 19.7 Å². The van der Waals surface area contributed by atoms with E-state index in [2.05, 4.69) is 21.8 Å². The van der Waals surface area contributed by atoms with Crippen molar-refractivity contribution in [3.05, 3.63) is 29.2 Å². The Hall–Kier alpha value is -2.58. The van der Waals surface area contributed by atoms with Gasteiger partial charge in [-0.25, -0.2) is 0 Å². The lowest BCUT2D eigenvalue weighted by atomic mass is 9.52. The molecule has 0 radical (unpaired) electrons. The molecule has 3 unspecified atom stereocenters. The largest absolute Gasteiger partial charge is 0.393 e. The predicted molar refractivity (Wildman–Crippen MR) is 128 cm³/mol. The first-order valence-electron chi connectivity index (χ1n) is 13.2. The van der Waals surface area contributed by atoms with Crippen LogP contribution in [0.3, 0.4) is 0 Å². The van der Waals surface area contributed by atoms with E-state index < -0.39 is 23.4 Å². The van der Waals surface area contributed by atoms with Gasteiger partial charge in [0.1, 0.15) is 0 Å². The van der Waals surface area contributed by atoms with E-state index in [0.717, 1.165) is 60.7 Å². The molecule has 5 aliphatic carbocycles. The Morgan fingerprint density at radius 3 is 2.57 bits per heavy atom. The highest BCUT2D eigenvalue weighted by Crippen LogP contribution is 2.60. The van der Waals surface area contributed by atoms with Crippen LogP contribution in [-0.2, 0) is 22.4 Å². The van der Waals surface area contributed by atoms with Gasteiger partial charge in [-0.15, -0.1) is 0 Å². The summed E-state index contributed by atoms with van der Waals surface area (Å²) >= 11 is 0. The maximum absolute atomic E-state index is 13.1. The van der Waals surface area contributed by atoms with Crippen LogP contribution in [0.2, 0.25) is 0 Å². The molecular formula is C27H32N4O4. The summed E-state index contributed by atoms with van der Waals surface area (Å²) in [5, 5.41) is 26.8. The highest BCUT2D eigenvalue weighted by atomic mass is 16.3. The quantitative estimate of drug-likeness (QED) is 0.655. The number of hydrogen-bond donors (Lipinski definition) is 2. The average molecular weight is 477 g/mol. The van der Waals surface area contributed by atoms with Crippen LogP contribution in [0.1, 0.15) is 67.9 Å². The lowest BCUT2D eigenvalue weighted by Crippen LogP contribution is -2.55. The van der Waals surface area contributed by atoms with Gasteiger partial charge < -0.3 is 15.1 Å². The molecule has 4 bridgehead atoms. The Morgan fingerprint density at radius 1 is 1.11 bits per heavy atom. The van der Waals surface area contributed by atoms with Crippen LogP contribution in [0.25, 0.3) is 17.0 Å². The van der Waals surface area contributed by atoms with Gasteiger partial charge in [0.2, 0.25) is 5.78 Å². The number of carbonyl (C=O) groups is 2. The number of likely N-dealkylation sites (tertiary alicyclic amines) is 1. The van der Waals surface area contributed by atoms with Crippen molar-refractivity contribution < 1.29 is 19.8 Å². The van der Waals surface area contributed by atoms with Gasteiger partial charge >= 0.3 is 0 Å². The number of nitrogens with zero attached hydrogens (tertiary/aromatic N) is 4. The lowest BCUT2D eigenvalue weighted by molar-refractivity contribution is -0.148. The molecule has 5 atom stereocenters. The van der Waals surface area contributed by atoms with Crippen LogP contribution in [-0.4, -0.2) is 66.4 Å². The number of pyridine rings is 1. The van der Waals surface area contributed by atoms with Gasteiger partial charge in [0.05, 0.1) is 41.1 Å². The van der Waals surface area contributed by atoms with E-state index in [1.54, 1.807) is 4.90 Å². The van der Waals surface area contributed by atoms with E-state index >= 15 is 0 Å². The van der Waals surface area contributed by atoms with Crippen molar-refractivity contribution >= 4 is 28.7 Å². The van der Waals surface area contributed by atoms with Gasteiger partial charge in [-0.05, 0) is 62.7 Å². The van der Waals surface area contributed by atoms with Crippen molar-refractivity contribution in [3.8, 4) is 0 Å². The third-order valence-corrected chi connectivity index (χ3v) is 9.33. The average Bonchev–Trinajstić information content (AvgIpc) is 3.42. The minimum Gasteiger partial charge on any atom is -0.393 e. The Morgan fingerprint density at radius 2 is 1.86 bits per heavy atom. The van der Waals surface area contributed by atoms with Crippen molar-refractivity contribution in [2.24, 2.45) is 17.8 Å². The van der Waals surface area contributed by atoms with Crippen molar-refractivity contribution in [2.45, 2.75) is 75.5 Å². The van der Waals surface area contributed by atoms with Gasteiger partial charge in [-0.3, -0.25) is 19.3 Å². The maximum Gasteiger partial charge on any atom is 0.290 e. The van der Waals surface area contributed by atoms with Crippen LogP contribution in [0, 0.1) is 17.8 Å². The minimum atomic E-state index is -0.521. The first-order chi connectivity index (χ1) is 16.9. The number of piperidine rings is 1. The molecule has 2 aromatic rings. The lowest BCUT2D eigenvalue weighted by Gasteiger charge is -2.58. The van der Waals surface area contributed by atoms with Crippen molar-refractivity contribution in [2.75, 3.05) is 13.1 Å². The zero-order chi connectivity index (χ0) is 23.9. The van der Waals surface area contributed by atoms with Crippen LogP contribution in [0.15, 0.2) is 12.3 Å². The molecule has 1 aliphatic heterocycles. The molecule has 1 amide bonds. The van der Waals surface area contributed by atoms with E-state index in [9.17, 15) is 19.8 Å². The SMILES string of the molecule is O=C(Cc1nn(C2[C@@H]3CC4C[C@H]2CC(O)(C4)C3)c2c3c(ncc12)CC=C3)C(=O)N1CCC(O)CC1. The fourth-order valence-electron chi connectivity index (χ4n) is 8.05.